The average Bonchev–Trinajstić information content (AvgIpc) is 2.98. The summed E-state index contributed by atoms with van der Waals surface area (Å²) in [4.78, 5) is 0. The lowest BCUT2D eigenvalue weighted by Crippen LogP contribution is -2.07. The first kappa shape index (κ1) is 10.5. The first-order valence-corrected chi connectivity index (χ1v) is 5.41. The van der Waals surface area contributed by atoms with Gasteiger partial charge in [0.15, 0.2) is 0 Å². The molecule has 90 valence electrons. The van der Waals surface area contributed by atoms with Crippen LogP contribution >= 0.6 is 0 Å². The van der Waals surface area contributed by atoms with Crippen LogP contribution in [0.25, 0.3) is 11.6 Å². The van der Waals surface area contributed by atoms with Crippen molar-refractivity contribution in [1.82, 2.24) is 30.0 Å². The Morgan fingerprint density at radius 3 is 2.61 bits per heavy atom. The summed E-state index contributed by atoms with van der Waals surface area (Å²) in [6.45, 7) is 1.88. The lowest BCUT2D eigenvalue weighted by Gasteiger charge is -2.03. The van der Waals surface area contributed by atoms with Crippen LogP contribution < -0.4 is 5.73 Å². The van der Waals surface area contributed by atoms with Crippen LogP contribution in [0.3, 0.4) is 0 Å². The fourth-order valence-corrected chi connectivity index (χ4v) is 1.64. The largest absolute Gasteiger partial charge is 0.382 e. The lowest BCUT2D eigenvalue weighted by atomic mass is 10.3. The molecule has 0 radical (unpaired) electrons. The summed E-state index contributed by atoms with van der Waals surface area (Å²) >= 11 is 0. The molecule has 2 heterocycles. The van der Waals surface area contributed by atoms with Gasteiger partial charge in [0, 0.05) is 11.8 Å². The fourth-order valence-electron chi connectivity index (χ4n) is 1.64. The van der Waals surface area contributed by atoms with E-state index in [-0.39, 0.29) is 0 Å². The van der Waals surface area contributed by atoms with Crippen molar-refractivity contribution in [1.29, 1.82) is 0 Å². The summed E-state index contributed by atoms with van der Waals surface area (Å²) in [7, 11) is 0. The van der Waals surface area contributed by atoms with Crippen LogP contribution in [0.1, 0.15) is 5.56 Å². The molecule has 0 saturated carbocycles. The zero-order valence-corrected chi connectivity index (χ0v) is 9.72. The van der Waals surface area contributed by atoms with E-state index in [4.69, 9.17) is 5.73 Å². The monoisotopic (exact) mass is 241 g/mol. The van der Waals surface area contributed by atoms with Gasteiger partial charge < -0.3 is 5.73 Å². The molecule has 18 heavy (non-hydrogen) atoms. The van der Waals surface area contributed by atoms with Crippen molar-refractivity contribution in [3.8, 4) is 11.6 Å². The summed E-state index contributed by atoms with van der Waals surface area (Å²) in [6, 6.07) is 9.61. The molecule has 0 unspecified atom stereocenters. The molecule has 0 amide bonds. The van der Waals surface area contributed by atoms with E-state index in [9.17, 15) is 0 Å². The molecule has 7 nitrogen and oxygen atoms in total. The zero-order valence-electron chi connectivity index (χ0n) is 9.72. The van der Waals surface area contributed by atoms with Gasteiger partial charge in [0.1, 0.15) is 5.82 Å². The van der Waals surface area contributed by atoms with Gasteiger partial charge >= 0.3 is 0 Å². The summed E-state index contributed by atoms with van der Waals surface area (Å²) in [6.07, 6.45) is 1.79. The average molecular weight is 241 g/mol. The van der Waals surface area contributed by atoms with E-state index in [2.05, 4.69) is 20.6 Å². The van der Waals surface area contributed by atoms with E-state index in [0.29, 0.717) is 11.8 Å². The Kier molecular flexibility index (Phi) is 2.30. The maximum Gasteiger partial charge on any atom is 0.275 e. The molecule has 0 aliphatic carbocycles. The molecule has 3 rings (SSSR count). The van der Waals surface area contributed by atoms with Crippen molar-refractivity contribution in [2.75, 3.05) is 5.73 Å². The quantitative estimate of drug-likeness (QED) is 0.715. The van der Waals surface area contributed by atoms with E-state index in [0.717, 1.165) is 11.3 Å². The molecule has 0 bridgehead atoms. The smallest absolute Gasteiger partial charge is 0.275 e. The molecule has 0 fully saturated rings. The molecule has 3 aromatic rings. The van der Waals surface area contributed by atoms with Gasteiger partial charge in [-0.1, -0.05) is 23.3 Å². The van der Waals surface area contributed by atoms with Gasteiger partial charge in [0.25, 0.3) is 5.95 Å². The molecule has 0 atom stereocenters. The number of nitrogens with two attached hydrogens (primary N) is 1. The highest BCUT2D eigenvalue weighted by atomic mass is 15.6. The number of nitrogen functional groups attached to an aromatic ring is 1. The molecular formula is C11H11N7. The third-order valence-corrected chi connectivity index (χ3v) is 2.59. The Bertz CT molecular complexity index is 648. The molecular weight excluding hydrogens is 230 g/mol. The van der Waals surface area contributed by atoms with E-state index >= 15 is 0 Å². The molecule has 0 saturated heterocycles. The number of nitrogens with zero attached hydrogens (tertiary/aromatic N) is 6. The van der Waals surface area contributed by atoms with Crippen molar-refractivity contribution in [3.63, 3.8) is 0 Å². The van der Waals surface area contributed by atoms with E-state index in [1.807, 2.05) is 37.3 Å². The second-order valence-corrected chi connectivity index (χ2v) is 3.87. The standard InChI is InChI=1S/C11H11N7/c1-8-7-17(14-10(8)12)11-13-15-16-18(11)9-5-3-2-4-6-9/h2-7H,1H3,(H2,12,14). The van der Waals surface area contributed by atoms with Crippen LogP contribution in [0, 0.1) is 6.92 Å². The van der Waals surface area contributed by atoms with Crippen LogP contribution in [-0.4, -0.2) is 30.0 Å². The highest BCUT2D eigenvalue weighted by Crippen LogP contribution is 2.13. The normalized spacial score (nSPS) is 10.7. The van der Waals surface area contributed by atoms with Crippen LogP contribution in [0.4, 0.5) is 5.82 Å². The lowest BCUT2D eigenvalue weighted by molar-refractivity contribution is 0.742. The number of para-hydroxylation sites is 1. The van der Waals surface area contributed by atoms with E-state index < -0.39 is 0 Å². The highest BCUT2D eigenvalue weighted by molar-refractivity contribution is 5.39. The number of hydrogen-bond acceptors (Lipinski definition) is 5. The maximum atomic E-state index is 5.73. The Labute approximate surface area is 103 Å². The van der Waals surface area contributed by atoms with Gasteiger partial charge in [-0.05, 0) is 29.5 Å². The summed E-state index contributed by atoms with van der Waals surface area (Å²) < 4.78 is 3.17. The Balaban J connectivity index is 2.12. The number of rotatable bonds is 2. The van der Waals surface area contributed by atoms with Crippen LogP contribution in [0.15, 0.2) is 36.5 Å². The first-order chi connectivity index (χ1) is 8.75. The van der Waals surface area contributed by atoms with Crippen molar-refractivity contribution in [2.24, 2.45) is 0 Å². The van der Waals surface area contributed by atoms with Gasteiger partial charge in [0.05, 0.1) is 5.69 Å². The Hall–Kier alpha value is -2.70. The van der Waals surface area contributed by atoms with Gasteiger partial charge in [-0.3, -0.25) is 0 Å². The fraction of sp³-hybridized carbons (Fsp3) is 0.0909. The number of hydrogen-bond donors (Lipinski definition) is 1. The zero-order chi connectivity index (χ0) is 12.5. The Morgan fingerprint density at radius 1 is 1.17 bits per heavy atom. The van der Waals surface area contributed by atoms with Crippen molar-refractivity contribution < 1.29 is 0 Å². The minimum absolute atomic E-state index is 0.470. The van der Waals surface area contributed by atoms with Crippen LogP contribution in [0.2, 0.25) is 0 Å². The molecule has 0 aliphatic heterocycles. The van der Waals surface area contributed by atoms with Gasteiger partial charge in [-0.25, -0.2) is 4.68 Å². The maximum absolute atomic E-state index is 5.73. The number of aromatic nitrogens is 6. The molecule has 2 aromatic heterocycles. The topological polar surface area (TPSA) is 87.4 Å². The highest BCUT2D eigenvalue weighted by Gasteiger charge is 2.12. The minimum Gasteiger partial charge on any atom is -0.382 e. The van der Waals surface area contributed by atoms with Crippen molar-refractivity contribution >= 4 is 5.82 Å². The summed E-state index contributed by atoms with van der Waals surface area (Å²) in [5, 5.41) is 15.8. The summed E-state index contributed by atoms with van der Waals surface area (Å²) in [5.74, 6) is 0.971. The Morgan fingerprint density at radius 2 is 1.94 bits per heavy atom. The first-order valence-electron chi connectivity index (χ1n) is 5.41. The van der Waals surface area contributed by atoms with Crippen molar-refractivity contribution in [2.45, 2.75) is 6.92 Å². The number of aryl methyl sites for hydroxylation is 1. The predicted molar refractivity (Wildman–Crippen MR) is 65.4 cm³/mol. The SMILES string of the molecule is Cc1cn(-c2nnnn2-c2ccccc2)nc1N. The minimum atomic E-state index is 0.470. The molecule has 0 spiro atoms. The van der Waals surface area contributed by atoms with Gasteiger partial charge in [-0.2, -0.15) is 4.68 Å². The third kappa shape index (κ3) is 1.61. The van der Waals surface area contributed by atoms with Gasteiger partial charge in [-0.15, -0.1) is 5.10 Å². The third-order valence-electron chi connectivity index (χ3n) is 2.59. The number of benzene rings is 1. The second-order valence-electron chi connectivity index (χ2n) is 3.87. The molecule has 0 aliphatic rings. The van der Waals surface area contributed by atoms with Gasteiger partial charge in [0.2, 0.25) is 0 Å². The molecule has 1 aromatic carbocycles. The van der Waals surface area contributed by atoms with Crippen LogP contribution in [0.5, 0.6) is 0 Å². The second kappa shape index (κ2) is 3.95. The van der Waals surface area contributed by atoms with Crippen LogP contribution in [-0.2, 0) is 0 Å². The number of anilines is 1. The summed E-state index contributed by atoms with van der Waals surface area (Å²) in [5.41, 5.74) is 7.48. The van der Waals surface area contributed by atoms with E-state index in [1.54, 1.807) is 15.6 Å². The molecule has 7 heteroatoms. The molecule has 2 N–H and O–H groups in total. The predicted octanol–water partition coefficient (Wildman–Crippen LogP) is 0.739. The van der Waals surface area contributed by atoms with E-state index in [1.165, 1.54) is 0 Å². The number of tetrazole rings is 1. The van der Waals surface area contributed by atoms with Crippen molar-refractivity contribution in [3.05, 3.63) is 42.1 Å².